The molecule has 0 amide bonds. The molecule has 22 heavy (non-hydrogen) atoms. The summed E-state index contributed by atoms with van der Waals surface area (Å²) in [5.41, 5.74) is -1.66. The predicted octanol–water partition coefficient (Wildman–Crippen LogP) is 0.412. The summed E-state index contributed by atoms with van der Waals surface area (Å²) >= 11 is 0. The number of rotatable bonds is 3. The highest BCUT2D eigenvalue weighted by Crippen LogP contribution is 2.24. The molecule has 1 heterocycles. The molecule has 0 aliphatic rings. The van der Waals surface area contributed by atoms with Gasteiger partial charge < -0.3 is 0 Å². The van der Waals surface area contributed by atoms with Crippen molar-refractivity contribution in [1.29, 1.82) is 0 Å². The van der Waals surface area contributed by atoms with E-state index in [-0.39, 0.29) is 0 Å². The molecule has 0 spiro atoms. The van der Waals surface area contributed by atoms with Crippen molar-refractivity contribution in [2.45, 2.75) is 5.03 Å². The zero-order valence-corrected chi connectivity index (χ0v) is 11.8. The molecule has 1 aromatic heterocycles. The van der Waals surface area contributed by atoms with E-state index in [1.165, 1.54) is 0 Å². The van der Waals surface area contributed by atoms with E-state index in [0.29, 0.717) is 11.1 Å². The molecule has 0 atom stereocenters. The maximum Gasteiger partial charge on any atom is 0.342 e. The largest absolute Gasteiger partial charge is 0.342 e. The van der Waals surface area contributed by atoms with Crippen molar-refractivity contribution < 1.29 is 8.42 Å². The number of H-pyrrole nitrogens is 2. The maximum absolute atomic E-state index is 12.3. The van der Waals surface area contributed by atoms with Crippen molar-refractivity contribution >= 4 is 26.5 Å². The van der Waals surface area contributed by atoms with Crippen LogP contribution in [-0.4, -0.2) is 23.6 Å². The summed E-state index contributed by atoms with van der Waals surface area (Å²) in [5, 5.41) is 5.89. The molecule has 0 bridgehead atoms. The van der Waals surface area contributed by atoms with E-state index in [0.717, 1.165) is 5.39 Å². The average Bonchev–Trinajstić information content (AvgIpc) is 2.47. The summed E-state index contributed by atoms with van der Waals surface area (Å²) < 4.78 is 26.8. The van der Waals surface area contributed by atoms with Crippen LogP contribution in [0.25, 0.3) is 10.8 Å². The first kappa shape index (κ1) is 14.0. The first-order valence-corrected chi connectivity index (χ1v) is 7.65. The van der Waals surface area contributed by atoms with Gasteiger partial charge in [-0.1, -0.05) is 36.4 Å². The normalized spacial score (nSPS) is 11.5. The van der Waals surface area contributed by atoms with E-state index in [4.69, 9.17) is 0 Å². The molecule has 0 radical (unpaired) electrons. The van der Waals surface area contributed by atoms with Crippen molar-refractivity contribution in [1.82, 2.24) is 15.2 Å². The summed E-state index contributed by atoms with van der Waals surface area (Å²) in [6, 6.07) is 12.3. The molecule has 112 valence electrons. The molecule has 0 aliphatic heterocycles. The Labute approximate surface area is 123 Å². The second kappa shape index (κ2) is 5.11. The Morgan fingerprint density at radius 2 is 1.73 bits per heavy atom. The van der Waals surface area contributed by atoms with Crippen LogP contribution < -0.4 is 16.0 Å². The van der Waals surface area contributed by atoms with Gasteiger partial charge in [0.25, 0.3) is 20.6 Å². The molecule has 0 fully saturated rings. The topological polar surface area (TPSA) is 125 Å². The summed E-state index contributed by atoms with van der Waals surface area (Å²) in [4.78, 5) is 24.3. The number of nitrogens with one attached hydrogen (secondary N) is 3. The molecule has 3 rings (SSSR count). The Morgan fingerprint density at radius 3 is 2.50 bits per heavy atom. The van der Waals surface area contributed by atoms with Gasteiger partial charge >= 0.3 is 5.69 Å². The molecule has 3 aromatic rings. The van der Waals surface area contributed by atoms with Crippen LogP contribution in [0.2, 0.25) is 0 Å². The number of aromatic nitrogens is 3. The zero-order chi connectivity index (χ0) is 15.7. The van der Waals surface area contributed by atoms with Crippen molar-refractivity contribution in [3.8, 4) is 0 Å². The third kappa shape index (κ3) is 2.49. The lowest BCUT2D eigenvalue weighted by Gasteiger charge is -2.09. The van der Waals surface area contributed by atoms with Gasteiger partial charge in [-0.2, -0.15) is 13.5 Å². The first-order chi connectivity index (χ1) is 10.5. The van der Waals surface area contributed by atoms with Crippen molar-refractivity contribution in [3.05, 3.63) is 63.3 Å². The number of hydrogen-bond acceptors (Lipinski definition) is 5. The standard InChI is InChI=1S/C13H10N4O4S/c18-11-12(15-16-13(19)14-11)22(20,21)17-10-7-3-5-8-4-1-2-6-9(8)10/h1-7,17H,(H2,14,16,18,19). The Bertz CT molecular complexity index is 1060. The predicted molar refractivity (Wildman–Crippen MR) is 80.2 cm³/mol. The Balaban J connectivity index is 2.11. The van der Waals surface area contributed by atoms with Gasteiger partial charge in [0.2, 0.25) is 0 Å². The lowest BCUT2D eigenvalue weighted by molar-refractivity contribution is 0.591. The summed E-state index contributed by atoms with van der Waals surface area (Å²) in [7, 11) is -4.23. The minimum absolute atomic E-state index is 0.311. The molecule has 0 unspecified atom stereocenters. The van der Waals surface area contributed by atoms with E-state index in [9.17, 15) is 18.0 Å². The fraction of sp³-hybridized carbons (Fsp3) is 0. The quantitative estimate of drug-likeness (QED) is 0.645. The Kier molecular flexibility index (Phi) is 3.26. The average molecular weight is 318 g/mol. The van der Waals surface area contributed by atoms with Crippen LogP contribution in [0, 0.1) is 0 Å². The molecule has 2 aromatic carbocycles. The fourth-order valence-corrected chi connectivity index (χ4v) is 3.05. The van der Waals surface area contributed by atoms with Crippen LogP contribution in [0.5, 0.6) is 0 Å². The second-order valence-electron chi connectivity index (χ2n) is 4.44. The van der Waals surface area contributed by atoms with E-state index in [1.54, 1.807) is 24.3 Å². The maximum atomic E-state index is 12.3. The molecule has 9 heteroatoms. The summed E-state index contributed by atoms with van der Waals surface area (Å²) in [6.45, 7) is 0. The highest BCUT2D eigenvalue weighted by Gasteiger charge is 2.21. The van der Waals surface area contributed by atoms with Crippen molar-refractivity contribution in [2.24, 2.45) is 0 Å². The Hall–Kier alpha value is -2.94. The van der Waals surface area contributed by atoms with Crippen LogP contribution in [0.1, 0.15) is 0 Å². The minimum atomic E-state index is -4.23. The van der Waals surface area contributed by atoms with Gasteiger partial charge in [-0.25, -0.2) is 9.89 Å². The lowest BCUT2D eigenvalue weighted by Crippen LogP contribution is -2.31. The van der Waals surface area contributed by atoms with E-state index in [2.05, 4.69) is 9.82 Å². The third-order valence-corrected chi connectivity index (χ3v) is 4.24. The van der Waals surface area contributed by atoms with Gasteiger partial charge in [-0.15, -0.1) is 0 Å². The molecular formula is C13H10N4O4S. The van der Waals surface area contributed by atoms with Crippen molar-refractivity contribution in [3.63, 3.8) is 0 Å². The monoisotopic (exact) mass is 318 g/mol. The zero-order valence-electron chi connectivity index (χ0n) is 11.0. The van der Waals surface area contributed by atoms with Crippen LogP contribution in [-0.2, 0) is 10.0 Å². The van der Waals surface area contributed by atoms with Crippen LogP contribution >= 0.6 is 0 Å². The molecular weight excluding hydrogens is 308 g/mol. The smallest absolute Gasteiger partial charge is 0.277 e. The van der Waals surface area contributed by atoms with E-state index in [1.807, 2.05) is 28.3 Å². The molecule has 8 nitrogen and oxygen atoms in total. The summed E-state index contributed by atoms with van der Waals surface area (Å²) in [5.74, 6) is 0. The van der Waals surface area contributed by atoms with Gasteiger partial charge in [0.05, 0.1) is 5.69 Å². The van der Waals surface area contributed by atoms with Gasteiger partial charge in [0, 0.05) is 5.39 Å². The van der Waals surface area contributed by atoms with Gasteiger partial charge in [0.15, 0.2) is 0 Å². The molecule has 3 N–H and O–H groups in total. The summed E-state index contributed by atoms with van der Waals surface area (Å²) in [6.07, 6.45) is 0. The van der Waals surface area contributed by atoms with Crippen LogP contribution in [0.3, 0.4) is 0 Å². The van der Waals surface area contributed by atoms with Crippen LogP contribution in [0.4, 0.5) is 5.69 Å². The first-order valence-electron chi connectivity index (χ1n) is 6.17. The number of anilines is 1. The number of sulfonamides is 1. The van der Waals surface area contributed by atoms with Crippen LogP contribution in [0.15, 0.2) is 57.1 Å². The number of aromatic amines is 2. The lowest BCUT2D eigenvalue weighted by atomic mass is 10.1. The van der Waals surface area contributed by atoms with Gasteiger partial charge in [-0.3, -0.25) is 14.5 Å². The van der Waals surface area contributed by atoms with E-state index < -0.39 is 26.3 Å². The van der Waals surface area contributed by atoms with E-state index >= 15 is 0 Å². The van der Waals surface area contributed by atoms with Gasteiger partial charge in [0.1, 0.15) is 0 Å². The van der Waals surface area contributed by atoms with Crippen molar-refractivity contribution in [2.75, 3.05) is 4.72 Å². The Morgan fingerprint density at radius 1 is 1.00 bits per heavy atom. The van der Waals surface area contributed by atoms with Gasteiger partial charge in [-0.05, 0) is 11.5 Å². The number of hydrogen-bond donors (Lipinski definition) is 3. The highest BCUT2D eigenvalue weighted by atomic mass is 32.2. The molecule has 0 saturated carbocycles. The second-order valence-corrected chi connectivity index (χ2v) is 6.04. The number of benzene rings is 2. The minimum Gasteiger partial charge on any atom is -0.277 e. The third-order valence-electron chi connectivity index (χ3n) is 2.97. The highest BCUT2D eigenvalue weighted by molar-refractivity contribution is 7.92. The SMILES string of the molecule is O=c1[nH]nc(S(=O)(=O)Nc2cccc3ccccc23)c(=O)[nH]1. The number of fused-ring (bicyclic) bond motifs is 1. The number of nitrogens with zero attached hydrogens (tertiary/aromatic N) is 1. The fourth-order valence-electron chi connectivity index (χ4n) is 2.03. The molecule has 0 aliphatic carbocycles. The molecule has 0 saturated heterocycles.